The molecule has 0 amide bonds. The maximum absolute atomic E-state index is 12.2. The van der Waals surface area contributed by atoms with Crippen molar-refractivity contribution in [3.63, 3.8) is 0 Å². The molecule has 2 unspecified atom stereocenters. The summed E-state index contributed by atoms with van der Waals surface area (Å²) in [5.41, 5.74) is 1.31. The maximum Gasteiger partial charge on any atom is 0.336 e. The first-order valence-electron chi connectivity index (χ1n) is 9.02. The second kappa shape index (κ2) is 5.87. The molecule has 1 saturated heterocycles. The fourth-order valence-corrected chi connectivity index (χ4v) is 4.25. The van der Waals surface area contributed by atoms with Gasteiger partial charge < -0.3 is 14.6 Å². The normalized spacial score (nSPS) is 28.4. The van der Waals surface area contributed by atoms with Crippen LogP contribution in [0.1, 0.15) is 25.0 Å². The highest BCUT2D eigenvalue weighted by Crippen LogP contribution is 2.50. The topological polar surface area (TPSA) is 102 Å². The number of carbonyl (C=O) groups excluding carboxylic acids is 2. The van der Waals surface area contributed by atoms with Crippen LogP contribution in [0.25, 0.3) is 16.6 Å². The summed E-state index contributed by atoms with van der Waals surface area (Å²) in [6, 6.07) is 4.89. The van der Waals surface area contributed by atoms with E-state index in [-0.39, 0.29) is 11.8 Å². The van der Waals surface area contributed by atoms with Gasteiger partial charge in [0.1, 0.15) is 5.75 Å². The van der Waals surface area contributed by atoms with Crippen LogP contribution in [0.2, 0.25) is 0 Å². The molecule has 1 aromatic heterocycles. The van der Waals surface area contributed by atoms with Gasteiger partial charge in [-0.05, 0) is 32.0 Å². The number of aromatic nitrogens is 2. The van der Waals surface area contributed by atoms with Gasteiger partial charge >= 0.3 is 11.9 Å². The molecule has 0 saturated carbocycles. The fraction of sp³-hybridized carbons (Fsp3) is 0.300. The Bertz CT molecular complexity index is 1090. The van der Waals surface area contributed by atoms with Gasteiger partial charge in [-0.25, -0.2) is 14.6 Å². The third kappa shape index (κ3) is 2.41. The van der Waals surface area contributed by atoms with Crippen molar-refractivity contribution in [2.24, 2.45) is 0 Å². The van der Waals surface area contributed by atoms with Crippen LogP contribution in [0.3, 0.4) is 0 Å². The Kier molecular flexibility index (Phi) is 3.54. The van der Waals surface area contributed by atoms with Crippen molar-refractivity contribution in [1.82, 2.24) is 14.9 Å². The molecule has 3 aliphatic heterocycles. The van der Waals surface area contributed by atoms with Crippen molar-refractivity contribution in [2.45, 2.75) is 31.0 Å². The van der Waals surface area contributed by atoms with Gasteiger partial charge in [0, 0.05) is 36.3 Å². The van der Waals surface area contributed by atoms with Crippen LogP contribution in [0.5, 0.6) is 5.75 Å². The summed E-state index contributed by atoms with van der Waals surface area (Å²) in [6.45, 7) is 0. The number of likely N-dealkylation sites (N-methyl/N-ethyl adjacent to an activating group) is 1. The van der Waals surface area contributed by atoms with E-state index < -0.39 is 17.7 Å². The summed E-state index contributed by atoms with van der Waals surface area (Å²) in [5.74, 6) is -0.789. The van der Waals surface area contributed by atoms with E-state index >= 15 is 0 Å². The van der Waals surface area contributed by atoms with Crippen LogP contribution in [0.15, 0.2) is 42.3 Å². The molecule has 8 nitrogen and oxygen atoms in total. The summed E-state index contributed by atoms with van der Waals surface area (Å²) in [4.78, 5) is 35.4. The number of esters is 2. The van der Waals surface area contributed by atoms with Crippen molar-refractivity contribution in [3.05, 3.63) is 48.0 Å². The van der Waals surface area contributed by atoms with Crippen molar-refractivity contribution < 1.29 is 24.2 Å². The smallest absolute Gasteiger partial charge is 0.336 e. The summed E-state index contributed by atoms with van der Waals surface area (Å²) in [7, 11) is 1.87. The van der Waals surface area contributed by atoms with Gasteiger partial charge in [-0.3, -0.25) is 9.88 Å². The number of fused-ring (bicyclic) bond motifs is 2. The Morgan fingerprint density at radius 2 is 2.04 bits per heavy atom. The molecule has 2 bridgehead atoms. The molecule has 2 atom stereocenters. The van der Waals surface area contributed by atoms with Crippen molar-refractivity contribution >= 4 is 28.5 Å². The Morgan fingerprint density at radius 3 is 2.89 bits per heavy atom. The molecular weight excluding hydrogens is 362 g/mol. The number of phenols is 1. The first kappa shape index (κ1) is 16.9. The van der Waals surface area contributed by atoms with Gasteiger partial charge in [-0.2, -0.15) is 0 Å². The molecular formula is C20H17N3O5. The number of ether oxygens (including phenoxy) is 2. The van der Waals surface area contributed by atoms with Crippen LogP contribution < -0.4 is 0 Å². The zero-order valence-electron chi connectivity index (χ0n) is 15.1. The van der Waals surface area contributed by atoms with E-state index in [1.807, 2.05) is 11.9 Å². The van der Waals surface area contributed by atoms with Crippen LogP contribution in [-0.4, -0.2) is 50.7 Å². The lowest BCUT2D eigenvalue weighted by atomic mass is 9.95. The first-order valence-corrected chi connectivity index (χ1v) is 9.02. The molecule has 142 valence electrons. The van der Waals surface area contributed by atoms with Gasteiger partial charge in [-0.15, -0.1) is 0 Å². The Labute approximate surface area is 160 Å². The molecule has 3 aliphatic rings. The Morgan fingerprint density at radius 1 is 1.21 bits per heavy atom. The summed E-state index contributed by atoms with van der Waals surface area (Å²) >= 11 is 0. The standard InChI is InChI=1S/C20H17N3O5/c1-23-11-6-7-20(23)19(27-17(25)4-5-18(26)28-20)13(8-11)16-10-21-15-9-12(24)2-3-14(15)22-16/h2-5,9-11,24H,6-8H2,1H3/b5-4-. The minimum Gasteiger partial charge on any atom is -0.508 e. The number of rotatable bonds is 1. The third-order valence-electron chi connectivity index (χ3n) is 5.67. The van der Waals surface area contributed by atoms with Crippen molar-refractivity contribution in [1.29, 1.82) is 0 Å². The molecule has 2 aromatic rings. The second-order valence-corrected chi connectivity index (χ2v) is 7.20. The van der Waals surface area contributed by atoms with Crippen LogP contribution in [-0.2, 0) is 19.1 Å². The van der Waals surface area contributed by atoms with E-state index in [0.717, 1.165) is 18.6 Å². The lowest BCUT2D eigenvalue weighted by molar-refractivity contribution is -0.177. The van der Waals surface area contributed by atoms with Gasteiger partial charge in [0.2, 0.25) is 5.72 Å². The number of hydrogen-bond acceptors (Lipinski definition) is 8. The van der Waals surface area contributed by atoms with E-state index in [2.05, 4.69) is 9.97 Å². The molecule has 1 aromatic carbocycles. The lowest BCUT2D eigenvalue weighted by Crippen LogP contribution is -2.53. The molecule has 28 heavy (non-hydrogen) atoms. The summed E-state index contributed by atoms with van der Waals surface area (Å²) in [6.07, 6.45) is 5.68. The molecule has 0 aliphatic carbocycles. The summed E-state index contributed by atoms with van der Waals surface area (Å²) in [5, 5.41) is 9.63. The van der Waals surface area contributed by atoms with Gasteiger partial charge in [-0.1, -0.05) is 0 Å². The molecule has 5 rings (SSSR count). The highest BCUT2D eigenvalue weighted by molar-refractivity contribution is 5.94. The van der Waals surface area contributed by atoms with Crippen LogP contribution >= 0.6 is 0 Å². The highest BCUT2D eigenvalue weighted by atomic mass is 16.6. The maximum atomic E-state index is 12.2. The molecule has 1 spiro atoms. The summed E-state index contributed by atoms with van der Waals surface area (Å²) < 4.78 is 11.4. The van der Waals surface area contributed by atoms with Crippen LogP contribution in [0.4, 0.5) is 0 Å². The lowest BCUT2D eigenvalue weighted by Gasteiger charge is -2.43. The predicted octanol–water partition coefficient (Wildman–Crippen LogP) is 1.90. The van der Waals surface area contributed by atoms with Gasteiger partial charge in [0.05, 0.1) is 22.9 Å². The zero-order chi connectivity index (χ0) is 19.5. The number of aromatic hydroxyl groups is 1. The molecule has 1 fully saturated rings. The molecule has 1 N–H and O–H groups in total. The van der Waals surface area contributed by atoms with Crippen molar-refractivity contribution in [2.75, 3.05) is 7.05 Å². The Hall–Kier alpha value is -3.26. The number of phenolic OH excluding ortho intramolecular Hbond substituents is 1. The largest absolute Gasteiger partial charge is 0.508 e. The highest BCUT2D eigenvalue weighted by Gasteiger charge is 2.57. The minimum absolute atomic E-state index is 0.112. The Balaban J connectivity index is 1.72. The van der Waals surface area contributed by atoms with E-state index in [1.54, 1.807) is 18.3 Å². The molecule has 0 radical (unpaired) electrons. The average Bonchev–Trinajstić information content (AvgIpc) is 2.88. The van der Waals surface area contributed by atoms with E-state index in [4.69, 9.17) is 9.47 Å². The second-order valence-electron chi connectivity index (χ2n) is 7.20. The zero-order valence-corrected chi connectivity index (χ0v) is 15.1. The SMILES string of the molecule is CN1C2CCC13OC(=O)/C=C\C(=O)OC3=C(c1cnc3cc(O)ccc3n1)C2. The fourth-order valence-electron chi connectivity index (χ4n) is 4.25. The number of hydrogen-bond donors (Lipinski definition) is 1. The molecule has 8 heteroatoms. The minimum atomic E-state index is -1.12. The van der Waals surface area contributed by atoms with Crippen molar-refractivity contribution in [3.8, 4) is 5.75 Å². The first-order chi connectivity index (χ1) is 13.5. The van der Waals surface area contributed by atoms with Crippen LogP contribution in [0, 0.1) is 0 Å². The van der Waals surface area contributed by atoms with Gasteiger partial charge in [0.15, 0.2) is 5.76 Å². The number of benzene rings is 1. The van der Waals surface area contributed by atoms with Gasteiger partial charge in [0.25, 0.3) is 0 Å². The number of carbonyl (C=O) groups is 2. The van der Waals surface area contributed by atoms with E-state index in [0.29, 0.717) is 40.9 Å². The quantitative estimate of drug-likeness (QED) is 0.750. The third-order valence-corrected chi connectivity index (χ3v) is 5.67. The molecule has 4 heterocycles. The average molecular weight is 379 g/mol. The van der Waals surface area contributed by atoms with E-state index in [9.17, 15) is 14.7 Å². The monoisotopic (exact) mass is 379 g/mol. The predicted molar refractivity (Wildman–Crippen MR) is 97.6 cm³/mol. The number of nitrogens with zero attached hydrogens (tertiary/aromatic N) is 3. The van der Waals surface area contributed by atoms with E-state index in [1.165, 1.54) is 6.07 Å².